The maximum absolute atomic E-state index is 13.1. The highest BCUT2D eigenvalue weighted by Crippen LogP contribution is 2.58. The highest BCUT2D eigenvalue weighted by Gasteiger charge is 2.42. The minimum absolute atomic E-state index is 0.243. The first-order valence-electron chi connectivity index (χ1n) is 6.57. The van der Waals surface area contributed by atoms with E-state index < -0.39 is 7.67 Å². The molecule has 2 atom stereocenters. The number of thioether (sulfide) groups is 1. The van der Waals surface area contributed by atoms with Gasteiger partial charge in [0.05, 0.1) is 12.0 Å². The average Bonchev–Trinajstić information content (AvgIpc) is 2.40. The minimum atomic E-state index is -2.97. The van der Waals surface area contributed by atoms with Crippen molar-refractivity contribution in [1.29, 1.82) is 0 Å². The van der Waals surface area contributed by atoms with E-state index in [-0.39, 0.29) is 5.37 Å². The first kappa shape index (κ1) is 18.1. The summed E-state index contributed by atoms with van der Waals surface area (Å²) < 4.78 is 22.4. The molecule has 19 heavy (non-hydrogen) atoms. The topological polar surface area (TPSA) is 32.8 Å². The second-order valence-electron chi connectivity index (χ2n) is 4.34. The summed E-state index contributed by atoms with van der Waals surface area (Å²) in [4.78, 5) is 0. The van der Waals surface area contributed by atoms with Gasteiger partial charge in [-0.05, 0) is 25.6 Å². The molecule has 1 fully saturated rings. The van der Waals surface area contributed by atoms with Gasteiger partial charge in [-0.1, -0.05) is 6.92 Å². The molecule has 0 saturated carbocycles. The second kappa shape index (κ2) is 9.14. The van der Waals surface area contributed by atoms with Crippen LogP contribution in [-0.2, 0) is 9.09 Å². The predicted molar refractivity (Wildman–Crippen MR) is 85.5 cm³/mol. The molecule has 4 nitrogen and oxygen atoms in total. The van der Waals surface area contributed by atoms with E-state index in [2.05, 4.69) is 6.92 Å². The molecule has 0 amide bonds. The molecule has 1 saturated heterocycles. The zero-order valence-electron chi connectivity index (χ0n) is 11.6. The van der Waals surface area contributed by atoms with Crippen LogP contribution in [0.1, 0.15) is 19.8 Å². The van der Waals surface area contributed by atoms with Crippen LogP contribution in [0.2, 0.25) is 0 Å². The number of rotatable bonds is 8. The van der Waals surface area contributed by atoms with Crippen LogP contribution < -0.4 is 0 Å². The Morgan fingerprint density at radius 2 is 2.05 bits per heavy atom. The molecule has 1 aliphatic heterocycles. The van der Waals surface area contributed by atoms with Crippen molar-refractivity contribution in [2.45, 2.75) is 25.1 Å². The van der Waals surface area contributed by atoms with E-state index in [4.69, 9.17) is 27.7 Å². The Balaban J connectivity index is 2.78. The van der Waals surface area contributed by atoms with Crippen LogP contribution in [-0.4, -0.2) is 59.0 Å². The van der Waals surface area contributed by atoms with E-state index >= 15 is 0 Å². The van der Waals surface area contributed by atoms with Gasteiger partial charge < -0.3 is 4.52 Å². The molecule has 114 valence electrons. The summed E-state index contributed by atoms with van der Waals surface area (Å²) in [7, 11) is -1.09. The van der Waals surface area contributed by atoms with Gasteiger partial charge in [0.2, 0.25) is 0 Å². The van der Waals surface area contributed by atoms with Gasteiger partial charge in [-0.2, -0.15) is 0 Å². The Labute approximate surface area is 130 Å². The van der Waals surface area contributed by atoms with Gasteiger partial charge in [-0.3, -0.25) is 4.57 Å². The van der Waals surface area contributed by atoms with E-state index in [0.717, 1.165) is 18.6 Å². The predicted octanol–water partition coefficient (Wildman–Crippen LogP) is 3.70. The van der Waals surface area contributed by atoms with Crippen molar-refractivity contribution in [3.05, 3.63) is 0 Å². The van der Waals surface area contributed by atoms with E-state index in [1.165, 1.54) is 0 Å². The van der Waals surface area contributed by atoms with E-state index in [1.54, 1.807) is 4.67 Å². The van der Waals surface area contributed by atoms with E-state index in [9.17, 15) is 4.57 Å². The molecular weight excluding hydrogens is 326 g/mol. The van der Waals surface area contributed by atoms with Crippen molar-refractivity contribution in [2.75, 3.05) is 44.3 Å². The number of halogens is 2. The minimum Gasteiger partial charge on any atom is -0.306 e. The molecule has 0 aromatic rings. The molecule has 1 heterocycles. The van der Waals surface area contributed by atoms with Crippen LogP contribution in [0.25, 0.3) is 0 Å². The van der Waals surface area contributed by atoms with Crippen molar-refractivity contribution in [3.8, 4) is 0 Å². The molecule has 0 N–H and O–H groups in total. The van der Waals surface area contributed by atoms with Gasteiger partial charge in [0.1, 0.15) is 0 Å². The average molecular weight is 349 g/mol. The highest BCUT2D eigenvalue weighted by atomic mass is 35.5. The molecule has 0 spiro atoms. The SMILES string of the molecule is CCCS[C@H]1CCO[P@](=O)(N(CCCl)CCCl)N1C. The summed E-state index contributed by atoms with van der Waals surface area (Å²) >= 11 is 13.4. The zero-order chi connectivity index (χ0) is 14.3. The van der Waals surface area contributed by atoms with Gasteiger partial charge in [0.25, 0.3) is 0 Å². The molecule has 0 bridgehead atoms. The van der Waals surface area contributed by atoms with Gasteiger partial charge in [-0.25, -0.2) is 9.34 Å². The molecule has 0 unspecified atom stereocenters. The maximum atomic E-state index is 13.1. The van der Waals surface area contributed by atoms with Gasteiger partial charge >= 0.3 is 7.67 Å². The van der Waals surface area contributed by atoms with Crippen LogP contribution >= 0.6 is 42.6 Å². The van der Waals surface area contributed by atoms with Crippen molar-refractivity contribution in [1.82, 2.24) is 9.34 Å². The van der Waals surface area contributed by atoms with Crippen LogP contribution in [0.3, 0.4) is 0 Å². The molecule has 0 aromatic heterocycles. The number of alkyl halides is 2. The molecule has 1 rings (SSSR count). The molecule has 1 aliphatic rings. The molecule has 0 aromatic carbocycles. The molecular formula is C11H23Cl2N2O2PS. The Morgan fingerprint density at radius 3 is 2.58 bits per heavy atom. The summed E-state index contributed by atoms with van der Waals surface area (Å²) in [5.41, 5.74) is 0. The molecule has 0 aliphatic carbocycles. The lowest BCUT2D eigenvalue weighted by atomic mass is 10.4. The third-order valence-corrected chi connectivity index (χ3v) is 7.78. The second-order valence-corrected chi connectivity index (χ2v) is 8.82. The van der Waals surface area contributed by atoms with Crippen LogP contribution in [0.5, 0.6) is 0 Å². The summed E-state index contributed by atoms with van der Waals surface area (Å²) in [6, 6.07) is 0. The smallest absolute Gasteiger partial charge is 0.306 e. The Kier molecular flexibility index (Phi) is 8.70. The van der Waals surface area contributed by atoms with E-state index in [0.29, 0.717) is 31.5 Å². The van der Waals surface area contributed by atoms with Crippen molar-refractivity contribution in [2.24, 2.45) is 0 Å². The largest absolute Gasteiger partial charge is 0.346 e. The Bertz CT molecular complexity index is 306. The first-order chi connectivity index (χ1) is 9.10. The summed E-state index contributed by atoms with van der Waals surface area (Å²) in [6.45, 7) is 3.74. The Morgan fingerprint density at radius 1 is 1.42 bits per heavy atom. The Hall–Kier alpha value is 1.04. The van der Waals surface area contributed by atoms with Crippen LogP contribution in [0.4, 0.5) is 0 Å². The maximum Gasteiger partial charge on any atom is 0.346 e. The first-order valence-corrected chi connectivity index (χ1v) is 10.2. The number of nitrogens with zero attached hydrogens (tertiary/aromatic N) is 2. The fourth-order valence-electron chi connectivity index (χ4n) is 2.00. The number of hydrogen-bond donors (Lipinski definition) is 0. The van der Waals surface area contributed by atoms with Gasteiger partial charge in [-0.15, -0.1) is 35.0 Å². The van der Waals surface area contributed by atoms with E-state index in [1.807, 2.05) is 23.5 Å². The van der Waals surface area contributed by atoms with Crippen LogP contribution in [0, 0.1) is 0 Å². The standard InChI is InChI=1S/C11H23Cl2N2O2PS/c1-3-10-19-11-4-9-17-18(16,14(11)2)15(7-5-12)8-6-13/h11H,3-10H2,1-2H3/t11-,18-/m0/s1. The van der Waals surface area contributed by atoms with Crippen molar-refractivity contribution < 1.29 is 9.09 Å². The number of hydrogen-bond acceptors (Lipinski definition) is 3. The summed E-state index contributed by atoms with van der Waals surface area (Å²) in [5, 5.41) is 0.243. The fraction of sp³-hybridized carbons (Fsp3) is 1.00. The monoisotopic (exact) mass is 348 g/mol. The summed E-state index contributed by atoms with van der Waals surface area (Å²) in [5.74, 6) is 1.91. The quantitative estimate of drug-likeness (QED) is 0.493. The highest BCUT2D eigenvalue weighted by molar-refractivity contribution is 8.00. The normalized spacial score (nSPS) is 29.0. The van der Waals surface area contributed by atoms with Gasteiger partial charge in [0, 0.05) is 24.8 Å². The zero-order valence-corrected chi connectivity index (χ0v) is 14.8. The third kappa shape index (κ3) is 4.77. The lowest BCUT2D eigenvalue weighted by molar-refractivity contribution is 0.171. The molecule has 8 heteroatoms. The van der Waals surface area contributed by atoms with Crippen LogP contribution in [0.15, 0.2) is 0 Å². The molecule has 0 radical (unpaired) electrons. The fourth-order valence-corrected chi connectivity index (χ4v) is 6.42. The van der Waals surface area contributed by atoms with Gasteiger partial charge in [0.15, 0.2) is 0 Å². The lowest BCUT2D eigenvalue weighted by Gasteiger charge is -2.43. The summed E-state index contributed by atoms with van der Waals surface area (Å²) in [6.07, 6.45) is 2.02. The third-order valence-electron chi connectivity index (χ3n) is 3.00. The van der Waals surface area contributed by atoms with Crippen molar-refractivity contribution in [3.63, 3.8) is 0 Å². The lowest BCUT2D eigenvalue weighted by Crippen LogP contribution is -2.41. The van der Waals surface area contributed by atoms with Crippen molar-refractivity contribution >= 4 is 42.6 Å².